The molecule has 1 aliphatic heterocycles. The quantitative estimate of drug-likeness (QED) is 0.644. The fourth-order valence-electron chi connectivity index (χ4n) is 4.56. The molecule has 0 unspecified atom stereocenters. The van der Waals surface area contributed by atoms with Crippen LogP contribution < -0.4 is 15.4 Å². The molecule has 3 rings (SSSR count). The summed E-state index contributed by atoms with van der Waals surface area (Å²) in [7, 11) is 1.88. The summed E-state index contributed by atoms with van der Waals surface area (Å²) in [6, 6.07) is 5.32. The molecule has 0 radical (unpaired) electrons. The number of carbonyl (C=O) groups is 2. The van der Waals surface area contributed by atoms with Gasteiger partial charge in [-0.3, -0.25) is 9.59 Å². The zero-order valence-corrected chi connectivity index (χ0v) is 19.0. The third kappa shape index (κ3) is 5.98. The van der Waals surface area contributed by atoms with Crippen molar-refractivity contribution in [2.75, 3.05) is 32.1 Å². The number of amides is 2. The molecule has 1 aromatic carbocycles. The van der Waals surface area contributed by atoms with Crippen LogP contribution in [0.3, 0.4) is 0 Å². The van der Waals surface area contributed by atoms with E-state index in [1.54, 1.807) is 4.90 Å². The van der Waals surface area contributed by atoms with Crippen molar-refractivity contribution in [2.45, 2.75) is 64.5 Å². The minimum absolute atomic E-state index is 0.0425. The maximum Gasteiger partial charge on any atom is 0.227 e. The van der Waals surface area contributed by atoms with Crippen LogP contribution >= 0.6 is 0 Å². The van der Waals surface area contributed by atoms with Gasteiger partial charge in [-0.1, -0.05) is 26.2 Å². The second-order valence-electron chi connectivity index (χ2n) is 9.09. The number of rotatable bonds is 6. The van der Waals surface area contributed by atoms with E-state index in [2.05, 4.69) is 17.6 Å². The Bertz CT molecular complexity index is 763. The molecule has 3 atom stereocenters. The van der Waals surface area contributed by atoms with Gasteiger partial charge in [0, 0.05) is 36.2 Å². The van der Waals surface area contributed by atoms with Crippen LogP contribution in [0.4, 0.5) is 5.69 Å². The smallest absolute Gasteiger partial charge is 0.227 e. The fraction of sp³-hybridized carbons (Fsp3) is 0.667. The van der Waals surface area contributed by atoms with Gasteiger partial charge in [-0.25, -0.2) is 0 Å². The van der Waals surface area contributed by atoms with Gasteiger partial charge >= 0.3 is 0 Å². The third-order valence-corrected chi connectivity index (χ3v) is 6.57. The van der Waals surface area contributed by atoms with Crippen molar-refractivity contribution >= 4 is 17.5 Å². The van der Waals surface area contributed by atoms with Crippen molar-refractivity contribution in [1.29, 1.82) is 0 Å². The van der Waals surface area contributed by atoms with Gasteiger partial charge in [-0.15, -0.1) is 0 Å². The van der Waals surface area contributed by atoms with E-state index in [4.69, 9.17) is 4.74 Å². The summed E-state index contributed by atoms with van der Waals surface area (Å²) in [5, 5.41) is 15.9. The first kappa shape index (κ1) is 23.5. The topological polar surface area (TPSA) is 90.9 Å². The van der Waals surface area contributed by atoms with Crippen LogP contribution in [0.2, 0.25) is 0 Å². The van der Waals surface area contributed by atoms with E-state index in [1.807, 2.05) is 32.2 Å². The third-order valence-electron chi connectivity index (χ3n) is 6.57. The Balaban J connectivity index is 1.85. The molecule has 1 fully saturated rings. The highest BCUT2D eigenvalue weighted by atomic mass is 16.5. The normalized spacial score (nSPS) is 23.7. The molecule has 3 N–H and O–H groups in total. The first-order valence-corrected chi connectivity index (χ1v) is 11.6. The van der Waals surface area contributed by atoms with E-state index >= 15 is 0 Å². The summed E-state index contributed by atoms with van der Waals surface area (Å²) in [6.07, 6.45) is 5.35. The number of nitrogens with one attached hydrogen (secondary N) is 2. The predicted octanol–water partition coefficient (Wildman–Crippen LogP) is 2.57. The van der Waals surface area contributed by atoms with Crippen molar-refractivity contribution < 1.29 is 19.4 Å². The molecule has 2 amide bonds. The first-order chi connectivity index (χ1) is 14.9. The summed E-state index contributed by atoms with van der Waals surface area (Å²) in [5.41, 5.74) is 1.46. The molecule has 7 nitrogen and oxygen atoms in total. The molecule has 7 heteroatoms. The second-order valence-corrected chi connectivity index (χ2v) is 9.09. The fourth-order valence-corrected chi connectivity index (χ4v) is 4.56. The van der Waals surface area contributed by atoms with E-state index in [0.717, 1.165) is 31.2 Å². The Morgan fingerprint density at radius 1 is 1.29 bits per heavy atom. The summed E-state index contributed by atoms with van der Waals surface area (Å²) in [5.74, 6) is 0.849. The lowest BCUT2D eigenvalue weighted by molar-refractivity contribution is -0.134. The Labute approximate surface area is 185 Å². The van der Waals surface area contributed by atoms with Gasteiger partial charge in [0.15, 0.2) is 0 Å². The monoisotopic (exact) mass is 431 g/mol. The van der Waals surface area contributed by atoms with E-state index in [0.29, 0.717) is 24.5 Å². The molecule has 2 aliphatic rings. The number of aliphatic hydroxyl groups is 1. The maximum absolute atomic E-state index is 13.1. The van der Waals surface area contributed by atoms with E-state index in [-0.39, 0.29) is 48.8 Å². The number of nitrogens with zero attached hydrogens (tertiary/aromatic N) is 1. The highest BCUT2D eigenvalue weighted by Crippen LogP contribution is 2.30. The molecule has 1 heterocycles. The molecule has 0 bridgehead atoms. The highest BCUT2D eigenvalue weighted by Gasteiger charge is 2.30. The van der Waals surface area contributed by atoms with Crippen molar-refractivity contribution in [3.05, 3.63) is 23.8 Å². The van der Waals surface area contributed by atoms with Crippen molar-refractivity contribution in [3.63, 3.8) is 0 Å². The number of carbonyl (C=O) groups excluding carboxylic acids is 2. The van der Waals surface area contributed by atoms with Crippen LogP contribution in [0.1, 0.15) is 51.5 Å². The minimum atomic E-state index is -0.263. The zero-order valence-electron chi connectivity index (χ0n) is 19.0. The summed E-state index contributed by atoms with van der Waals surface area (Å²) < 4.78 is 6.34. The molecular weight excluding hydrogens is 394 g/mol. The number of likely N-dealkylation sites (N-methyl/N-ethyl adjacent to an activating group) is 1. The lowest BCUT2D eigenvalue weighted by atomic mass is 9.88. The van der Waals surface area contributed by atoms with Gasteiger partial charge < -0.3 is 25.4 Å². The average molecular weight is 432 g/mol. The molecular formula is C24H37N3O4. The van der Waals surface area contributed by atoms with Gasteiger partial charge in [0.25, 0.3) is 0 Å². The van der Waals surface area contributed by atoms with Gasteiger partial charge in [0.1, 0.15) is 11.9 Å². The van der Waals surface area contributed by atoms with E-state index in [9.17, 15) is 14.7 Å². The predicted molar refractivity (Wildman–Crippen MR) is 121 cm³/mol. The number of ether oxygens (including phenoxy) is 1. The zero-order chi connectivity index (χ0) is 22.4. The van der Waals surface area contributed by atoms with Gasteiger partial charge in [-0.05, 0) is 45.0 Å². The van der Waals surface area contributed by atoms with E-state index < -0.39 is 0 Å². The lowest BCUT2D eigenvalue weighted by Gasteiger charge is -2.32. The van der Waals surface area contributed by atoms with E-state index in [1.165, 1.54) is 6.42 Å². The molecule has 0 saturated heterocycles. The Kier molecular flexibility index (Phi) is 8.32. The summed E-state index contributed by atoms with van der Waals surface area (Å²) in [4.78, 5) is 27.6. The first-order valence-electron chi connectivity index (χ1n) is 11.6. The minimum Gasteiger partial charge on any atom is -0.488 e. The highest BCUT2D eigenvalue weighted by molar-refractivity contribution is 5.93. The number of hydrogen-bond acceptors (Lipinski definition) is 5. The standard InChI is InChI=1S/C24H37N3O4/c1-16-14-27(17(2)15-28)23(29)12-19-11-20(9-10-21(19)31-22(16)13-25-3)26-24(30)18-7-5-4-6-8-18/h9-11,16-18,22,25,28H,4-8,12-15H2,1-3H3,(H,26,30)/t16-,17-,22-/m0/s1. The van der Waals surface area contributed by atoms with Gasteiger partial charge in [-0.2, -0.15) is 0 Å². The molecule has 0 spiro atoms. The lowest BCUT2D eigenvalue weighted by Crippen LogP contribution is -2.47. The Morgan fingerprint density at radius 2 is 2.03 bits per heavy atom. The van der Waals surface area contributed by atoms with Crippen LogP contribution in [-0.2, 0) is 16.0 Å². The number of aliphatic hydroxyl groups excluding tert-OH is 1. The number of anilines is 1. The van der Waals surface area contributed by atoms with Crippen LogP contribution in [0.5, 0.6) is 5.75 Å². The molecule has 31 heavy (non-hydrogen) atoms. The van der Waals surface area contributed by atoms with Crippen LogP contribution in [0.25, 0.3) is 0 Å². The summed E-state index contributed by atoms with van der Waals surface area (Å²) in [6.45, 7) is 5.01. The molecule has 1 aromatic rings. The largest absolute Gasteiger partial charge is 0.488 e. The Morgan fingerprint density at radius 3 is 2.71 bits per heavy atom. The molecule has 1 saturated carbocycles. The van der Waals surface area contributed by atoms with Crippen LogP contribution in [-0.4, -0.2) is 60.7 Å². The molecule has 1 aliphatic carbocycles. The number of benzene rings is 1. The average Bonchev–Trinajstić information content (AvgIpc) is 2.82. The maximum atomic E-state index is 13.1. The van der Waals surface area contributed by atoms with Crippen LogP contribution in [0.15, 0.2) is 18.2 Å². The van der Waals surface area contributed by atoms with Gasteiger partial charge in [0.05, 0.1) is 19.1 Å². The molecule has 0 aromatic heterocycles. The van der Waals surface area contributed by atoms with Crippen molar-refractivity contribution in [1.82, 2.24) is 10.2 Å². The van der Waals surface area contributed by atoms with Crippen molar-refractivity contribution in [2.24, 2.45) is 11.8 Å². The SMILES string of the molecule is CNC[C@@H]1Oc2ccc(NC(=O)C3CCCCC3)cc2CC(=O)N([C@@H](C)CO)C[C@@H]1C. The molecule has 172 valence electrons. The number of hydrogen-bond donors (Lipinski definition) is 3. The van der Waals surface area contributed by atoms with Gasteiger partial charge in [0.2, 0.25) is 11.8 Å². The van der Waals surface area contributed by atoms with Crippen LogP contribution in [0, 0.1) is 11.8 Å². The second kappa shape index (κ2) is 11.0. The Hall–Kier alpha value is -2.12. The van der Waals surface area contributed by atoms with Crippen molar-refractivity contribution in [3.8, 4) is 5.75 Å². The number of fused-ring (bicyclic) bond motifs is 1. The summed E-state index contributed by atoms with van der Waals surface area (Å²) >= 11 is 0.